The number of rotatable bonds is 7. The molecule has 1 amide bonds. The van der Waals surface area contributed by atoms with Gasteiger partial charge in [-0.05, 0) is 50.9 Å². The Morgan fingerprint density at radius 3 is 2.70 bits per heavy atom. The first-order valence-corrected chi connectivity index (χ1v) is 8.85. The molecule has 1 fully saturated rings. The van der Waals surface area contributed by atoms with Crippen molar-refractivity contribution in [3.05, 3.63) is 30.1 Å². The van der Waals surface area contributed by atoms with Gasteiger partial charge >= 0.3 is 0 Å². The highest BCUT2D eigenvalue weighted by atomic mass is 35.5. The number of hydrogen-bond acceptors (Lipinski definition) is 4. The number of amides is 1. The van der Waals surface area contributed by atoms with Crippen LogP contribution in [-0.2, 0) is 10.5 Å². The van der Waals surface area contributed by atoms with E-state index in [9.17, 15) is 4.79 Å². The van der Waals surface area contributed by atoms with E-state index in [1.54, 1.807) is 18.0 Å². The molecule has 7 heteroatoms. The Kier molecular flexibility index (Phi) is 12.6. The highest BCUT2D eigenvalue weighted by Gasteiger charge is 2.22. The van der Waals surface area contributed by atoms with E-state index in [0.29, 0.717) is 5.75 Å². The lowest BCUT2D eigenvalue weighted by Gasteiger charge is -2.32. The molecule has 1 aromatic rings. The van der Waals surface area contributed by atoms with Gasteiger partial charge in [0.15, 0.2) is 0 Å². The topological polar surface area (TPSA) is 45.2 Å². The minimum Gasteiger partial charge on any atom is -0.342 e. The van der Waals surface area contributed by atoms with Gasteiger partial charge in [-0.2, -0.15) is 0 Å². The molecule has 1 N–H and O–H groups in total. The lowest BCUT2D eigenvalue weighted by Crippen LogP contribution is -2.39. The molecule has 1 aliphatic rings. The van der Waals surface area contributed by atoms with Gasteiger partial charge in [0.2, 0.25) is 5.91 Å². The van der Waals surface area contributed by atoms with Crippen LogP contribution in [-0.4, -0.2) is 48.2 Å². The largest absolute Gasteiger partial charge is 0.342 e. The predicted molar refractivity (Wildman–Crippen MR) is 103 cm³/mol. The van der Waals surface area contributed by atoms with E-state index in [1.165, 1.54) is 6.42 Å². The van der Waals surface area contributed by atoms with Crippen LogP contribution in [0.4, 0.5) is 0 Å². The Balaban J connectivity index is 0.00000242. The first kappa shape index (κ1) is 22.5. The molecule has 2 rings (SSSR count). The number of nitrogens with zero attached hydrogens (tertiary/aromatic N) is 2. The lowest BCUT2D eigenvalue weighted by molar-refractivity contribution is -0.129. The standard InChI is InChI=1S/C16H25N3OS.2ClH/c1-17-9-5-14-6-10-19(11-7-14)16(20)13-21-12-15-4-2-3-8-18-15;;/h2-4,8,14,17H,5-7,9-13H2,1H3;2*1H. The molecule has 0 radical (unpaired) electrons. The van der Waals surface area contributed by atoms with Crippen molar-refractivity contribution < 1.29 is 4.79 Å². The summed E-state index contributed by atoms with van der Waals surface area (Å²) in [5, 5.41) is 3.20. The summed E-state index contributed by atoms with van der Waals surface area (Å²) < 4.78 is 0. The Morgan fingerprint density at radius 2 is 2.09 bits per heavy atom. The number of piperidine rings is 1. The van der Waals surface area contributed by atoms with Crippen molar-refractivity contribution in [1.29, 1.82) is 0 Å². The van der Waals surface area contributed by atoms with Gasteiger partial charge in [-0.3, -0.25) is 9.78 Å². The van der Waals surface area contributed by atoms with Crippen LogP contribution in [0, 0.1) is 5.92 Å². The molecule has 0 bridgehead atoms. The Bertz CT molecular complexity index is 429. The molecule has 1 saturated heterocycles. The summed E-state index contributed by atoms with van der Waals surface area (Å²) in [5.41, 5.74) is 1.04. The number of carbonyl (C=O) groups is 1. The van der Waals surface area contributed by atoms with Crippen LogP contribution in [0.2, 0.25) is 0 Å². The molecule has 23 heavy (non-hydrogen) atoms. The van der Waals surface area contributed by atoms with Crippen LogP contribution in [0.3, 0.4) is 0 Å². The van der Waals surface area contributed by atoms with Gasteiger partial charge in [0, 0.05) is 25.0 Å². The molecule has 1 aromatic heterocycles. The molecule has 132 valence electrons. The molecule has 0 spiro atoms. The van der Waals surface area contributed by atoms with Gasteiger partial charge in [-0.15, -0.1) is 36.6 Å². The minimum absolute atomic E-state index is 0. The fourth-order valence-corrected chi connectivity index (χ4v) is 3.48. The monoisotopic (exact) mass is 379 g/mol. The fourth-order valence-electron chi connectivity index (χ4n) is 2.64. The smallest absolute Gasteiger partial charge is 0.232 e. The van der Waals surface area contributed by atoms with Crippen LogP contribution in [0.25, 0.3) is 0 Å². The zero-order chi connectivity index (χ0) is 14.9. The van der Waals surface area contributed by atoms with Crippen LogP contribution in [0.5, 0.6) is 0 Å². The highest BCUT2D eigenvalue weighted by molar-refractivity contribution is 7.99. The number of thioether (sulfide) groups is 1. The zero-order valence-corrected chi connectivity index (χ0v) is 16.0. The second-order valence-electron chi connectivity index (χ2n) is 5.53. The number of hydrogen-bond donors (Lipinski definition) is 1. The lowest BCUT2D eigenvalue weighted by atomic mass is 9.93. The SMILES string of the molecule is CNCCC1CCN(C(=O)CSCc2ccccn2)CC1.Cl.Cl. The average molecular weight is 380 g/mol. The number of aromatic nitrogens is 1. The molecule has 1 aliphatic heterocycles. The third kappa shape index (κ3) is 8.25. The quantitative estimate of drug-likeness (QED) is 0.790. The maximum absolute atomic E-state index is 12.2. The highest BCUT2D eigenvalue weighted by Crippen LogP contribution is 2.21. The van der Waals surface area contributed by atoms with Gasteiger partial charge in [-0.25, -0.2) is 0 Å². The number of likely N-dealkylation sites (tertiary alicyclic amines) is 1. The first-order chi connectivity index (χ1) is 10.3. The van der Waals surface area contributed by atoms with E-state index in [0.717, 1.165) is 49.8 Å². The van der Waals surface area contributed by atoms with Crippen molar-refractivity contribution >= 4 is 42.5 Å². The van der Waals surface area contributed by atoms with Crippen LogP contribution in [0.15, 0.2) is 24.4 Å². The summed E-state index contributed by atoms with van der Waals surface area (Å²) in [6.45, 7) is 2.94. The Hall–Kier alpha value is -0.490. The number of nitrogens with one attached hydrogen (secondary N) is 1. The Labute approximate surface area is 156 Å². The second kappa shape index (κ2) is 12.9. The Morgan fingerprint density at radius 1 is 1.35 bits per heavy atom. The summed E-state index contributed by atoms with van der Waals surface area (Å²) >= 11 is 1.66. The fraction of sp³-hybridized carbons (Fsp3) is 0.625. The average Bonchev–Trinajstić information content (AvgIpc) is 2.54. The molecular weight excluding hydrogens is 353 g/mol. The molecule has 0 atom stereocenters. The van der Waals surface area contributed by atoms with Gasteiger partial charge in [0.05, 0.1) is 11.4 Å². The van der Waals surface area contributed by atoms with E-state index in [4.69, 9.17) is 0 Å². The van der Waals surface area contributed by atoms with E-state index >= 15 is 0 Å². The normalized spacial score (nSPS) is 14.7. The van der Waals surface area contributed by atoms with E-state index < -0.39 is 0 Å². The zero-order valence-electron chi connectivity index (χ0n) is 13.6. The summed E-state index contributed by atoms with van der Waals surface area (Å²) in [4.78, 5) is 18.5. The van der Waals surface area contributed by atoms with Gasteiger partial charge in [-0.1, -0.05) is 6.07 Å². The maximum atomic E-state index is 12.2. The van der Waals surface area contributed by atoms with Gasteiger partial charge in [0.1, 0.15) is 0 Å². The van der Waals surface area contributed by atoms with E-state index in [-0.39, 0.29) is 30.7 Å². The van der Waals surface area contributed by atoms with Crippen molar-refractivity contribution in [2.45, 2.75) is 25.0 Å². The molecule has 0 unspecified atom stereocenters. The van der Waals surface area contributed by atoms with Gasteiger partial charge in [0.25, 0.3) is 0 Å². The summed E-state index contributed by atoms with van der Waals surface area (Å²) in [5.74, 6) is 2.44. The van der Waals surface area contributed by atoms with E-state index in [2.05, 4.69) is 10.3 Å². The molecule has 4 nitrogen and oxygen atoms in total. The molecule has 0 aromatic carbocycles. The third-order valence-electron chi connectivity index (χ3n) is 3.97. The van der Waals surface area contributed by atoms with Gasteiger partial charge < -0.3 is 10.2 Å². The molecule has 2 heterocycles. The second-order valence-corrected chi connectivity index (χ2v) is 6.52. The van der Waals surface area contributed by atoms with Crippen LogP contribution >= 0.6 is 36.6 Å². The summed E-state index contributed by atoms with van der Waals surface area (Å²) in [6.07, 6.45) is 5.33. The number of carbonyl (C=O) groups excluding carboxylic acids is 1. The van der Waals surface area contributed by atoms with Crippen molar-refractivity contribution in [3.63, 3.8) is 0 Å². The maximum Gasteiger partial charge on any atom is 0.232 e. The molecule has 0 aliphatic carbocycles. The van der Waals surface area contributed by atoms with Crippen molar-refractivity contribution in [2.75, 3.05) is 32.4 Å². The van der Waals surface area contributed by atoms with Crippen molar-refractivity contribution in [1.82, 2.24) is 15.2 Å². The number of pyridine rings is 1. The summed E-state index contributed by atoms with van der Waals surface area (Å²) in [7, 11) is 2.00. The minimum atomic E-state index is 0. The van der Waals surface area contributed by atoms with Crippen LogP contribution in [0.1, 0.15) is 25.0 Å². The van der Waals surface area contributed by atoms with Crippen molar-refractivity contribution in [2.24, 2.45) is 5.92 Å². The summed E-state index contributed by atoms with van der Waals surface area (Å²) in [6, 6.07) is 5.91. The van der Waals surface area contributed by atoms with E-state index in [1.807, 2.05) is 30.1 Å². The van der Waals surface area contributed by atoms with Crippen molar-refractivity contribution in [3.8, 4) is 0 Å². The third-order valence-corrected chi connectivity index (χ3v) is 4.92. The molecular formula is C16H27Cl2N3OS. The first-order valence-electron chi connectivity index (χ1n) is 7.69. The predicted octanol–water partition coefficient (Wildman–Crippen LogP) is 3.01. The van der Waals surface area contributed by atoms with Crippen LogP contribution < -0.4 is 5.32 Å². The number of halogens is 2. The molecule has 0 saturated carbocycles.